The number of likely N-dealkylation sites (tertiary alicyclic amines) is 1. The topological polar surface area (TPSA) is 76.4 Å². The summed E-state index contributed by atoms with van der Waals surface area (Å²) in [5.41, 5.74) is 4.02. The Bertz CT molecular complexity index is 1090. The van der Waals surface area contributed by atoms with Gasteiger partial charge in [-0.05, 0) is 24.5 Å². The van der Waals surface area contributed by atoms with E-state index in [1.54, 1.807) is 11.8 Å². The molecule has 1 aromatic carbocycles. The normalized spacial score (nSPS) is 15.8. The molecular formula is C24H30N6O2. The maximum absolute atomic E-state index is 13.0. The van der Waals surface area contributed by atoms with Gasteiger partial charge >= 0.3 is 0 Å². The Hall–Kier alpha value is -3.42. The van der Waals surface area contributed by atoms with Gasteiger partial charge in [-0.2, -0.15) is 5.10 Å². The number of amides is 1. The molecule has 32 heavy (non-hydrogen) atoms. The number of carbonyl (C=O) groups excluding carboxylic acids is 1. The molecule has 1 aliphatic rings. The quantitative estimate of drug-likeness (QED) is 0.569. The first-order chi connectivity index (χ1) is 15.5. The molecular weight excluding hydrogens is 404 g/mol. The highest BCUT2D eigenvalue weighted by Crippen LogP contribution is 2.34. The Balaban J connectivity index is 1.50. The molecule has 168 valence electrons. The molecule has 0 saturated carbocycles. The van der Waals surface area contributed by atoms with Crippen LogP contribution < -0.4 is 9.64 Å². The number of benzene rings is 1. The van der Waals surface area contributed by atoms with Crippen LogP contribution in [0.25, 0.3) is 11.1 Å². The molecule has 2 aromatic heterocycles. The number of ether oxygens (including phenoxy) is 1. The van der Waals surface area contributed by atoms with E-state index < -0.39 is 0 Å². The van der Waals surface area contributed by atoms with Crippen molar-refractivity contribution in [1.29, 1.82) is 0 Å². The average molecular weight is 435 g/mol. The highest BCUT2D eigenvalue weighted by Gasteiger charge is 2.30. The van der Waals surface area contributed by atoms with Crippen molar-refractivity contribution in [3.63, 3.8) is 0 Å². The summed E-state index contributed by atoms with van der Waals surface area (Å²) in [5.74, 6) is 1.84. The smallest absolute Gasteiger partial charge is 0.225 e. The van der Waals surface area contributed by atoms with Crippen LogP contribution in [-0.2, 0) is 18.3 Å². The molecule has 8 nitrogen and oxygen atoms in total. The molecule has 3 aromatic rings. The second-order valence-corrected chi connectivity index (χ2v) is 8.40. The summed E-state index contributed by atoms with van der Waals surface area (Å²) in [6, 6.07) is 7.87. The predicted molar refractivity (Wildman–Crippen MR) is 124 cm³/mol. The van der Waals surface area contributed by atoms with Gasteiger partial charge in [0.25, 0.3) is 0 Å². The zero-order chi connectivity index (χ0) is 22.7. The van der Waals surface area contributed by atoms with Gasteiger partial charge in [0.05, 0.1) is 19.0 Å². The number of hydrogen-bond acceptors (Lipinski definition) is 6. The van der Waals surface area contributed by atoms with Crippen molar-refractivity contribution in [2.45, 2.75) is 25.2 Å². The van der Waals surface area contributed by atoms with E-state index in [4.69, 9.17) is 9.72 Å². The van der Waals surface area contributed by atoms with E-state index in [2.05, 4.69) is 10.1 Å². The summed E-state index contributed by atoms with van der Waals surface area (Å²) in [4.78, 5) is 26.2. The molecule has 1 fully saturated rings. The zero-order valence-electron chi connectivity index (χ0n) is 19.2. The number of carbonyl (C=O) groups is 1. The summed E-state index contributed by atoms with van der Waals surface area (Å²) >= 11 is 0. The van der Waals surface area contributed by atoms with Crippen molar-refractivity contribution in [3.8, 4) is 16.9 Å². The second kappa shape index (κ2) is 9.38. The molecule has 0 aliphatic carbocycles. The highest BCUT2D eigenvalue weighted by molar-refractivity contribution is 5.77. The third kappa shape index (κ3) is 4.59. The molecule has 1 amide bonds. The molecule has 1 atom stereocenters. The number of hydrogen-bond donors (Lipinski definition) is 0. The monoisotopic (exact) mass is 434 g/mol. The highest BCUT2D eigenvalue weighted by atomic mass is 16.5. The molecule has 8 heteroatoms. The summed E-state index contributed by atoms with van der Waals surface area (Å²) in [6.45, 7) is 1.41. The number of para-hydroxylation sites is 1. The fourth-order valence-electron chi connectivity index (χ4n) is 4.21. The van der Waals surface area contributed by atoms with E-state index in [-0.39, 0.29) is 11.8 Å². The van der Waals surface area contributed by atoms with Gasteiger partial charge in [-0.3, -0.25) is 9.48 Å². The van der Waals surface area contributed by atoms with Crippen LogP contribution in [0.5, 0.6) is 5.75 Å². The largest absolute Gasteiger partial charge is 0.496 e. The molecule has 1 aliphatic heterocycles. The van der Waals surface area contributed by atoms with Crippen LogP contribution in [0.2, 0.25) is 0 Å². The number of aromatic nitrogens is 4. The summed E-state index contributed by atoms with van der Waals surface area (Å²) in [7, 11) is 7.43. The Morgan fingerprint density at radius 1 is 1.25 bits per heavy atom. The van der Waals surface area contributed by atoms with Gasteiger partial charge in [-0.15, -0.1) is 0 Å². The Kier molecular flexibility index (Phi) is 6.39. The van der Waals surface area contributed by atoms with Gasteiger partial charge in [0, 0.05) is 70.1 Å². The third-order valence-electron chi connectivity index (χ3n) is 5.95. The van der Waals surface area contributed by atoms with Crippen LogP contribution in [0, 0.1) is 0 Å². The van der Waals surface area contributed by atoms with Crippen molar-refractivity contribution in [1.82, 2.24) is 24.6 Å². The van der Waals surface area contributed by atoms with Crippen molar-refractivity contribution in [3.05, 3.63) is 54.1 Å². The van der Waals surface area contributed by atoms with E-state index >= 15 is 0 Å². The molecule has 0 N–H and O–H groups in total. The molecule has 0 unspecified atom stereocenters. The Labute approximate surface area is 188 Å². The second-order valence-electron chi connectivity index (χ2n) is 8.40. The number of anilines is 1. The first-order valence-corrected chi connectivity index (χ1v) is 10.9. The third-order valence-corrected chi connectivity index (χ3v) is 5.95. The fraction of sp³-hybridized carbons (Fsp3) is 0.417. The summed E-state index contributed by atoms with van der Waals surface area (Å²) < 4.78 is 7.19. The standard InChI is InChI=1S/C24H30N6O2/c1-28(2)24-25-14-20(19-13-26-29(3)15-19)23(27-24)18-11-12-30(16-18)22(31)10-9-17-7-5-6-8-21(17)32-4/h5-8,13-15,18H,9-12,16H2,1-4H3/t18-/m0/s1. The lowest BCUT2D eigenvalue weighted by Gasteiger charge is -2.19. The van der Waals surface area contributed by atoms with Gasteiger partial charge in [0.15, 0.2) is 0 Å². The first-order valence-electron chi connectivity index (χ1n) is 10.9. The molecule has 1 saturated heterocycles. The molecule has 0 radical (unpaired) electrons. The lowest BCUT2D eigenvalue weighted by Crippen LogP contribution is -2.28. The van der Waals surface area contributed by atoms with E-state index in [1.807, 2.05) is 73.8 Å². The van der Waals surface area contributed by atoms with Crippen LogP contribution >= 0.6 is 0 Å². The number of nitrogens with zero attached hydrogens (tertiary/aromatic N) is 6. The lowest BCUT2D eigenvalue weighted by molar-refractivity contribution is -0.130. The molecule has 3 heterocycles. The van der Waals surface area contributed by atoms with E-state index in [9.17, 15) is 4.79 Å². The van der Waals surface area contributed by atoms with E-state index in [1.165, 1.54) is 0 Å². The maximum Gasteiger partial charge on any atom is 0.225 e. The minimum absolute atomic E-state index is 0.169. The minimum atomic E-state index is 0.169. The Morgan fingerprint density at radius 2 is 2.06 bits per heavy atom. The van der Waals surface area contributed by atoms with E-state index in [0.29, 0.717) is 25.3 Å². The summed E-state index contributed by atoms with van der Waals surface area (Å²) in [6.07, 6.45) is 7.71. The van der Waals surface area contributed by atoms with Crippen molar-refractivity contribution >= 4 is 11.9 Å². The van der Waals surface area contributed by atoms with Gasteiger partial charge in [0.1, 0.15) is 5.75 Å². The SMILES string of the molecule is COc1ccccc1CCC(=O)N1CC[C@H](c2nc(N(C)C)ncc2-c2cnn(C)c2)C1. The number of aryl methyl sites for hydroxylation is 2. The lowest BCUT2D eigenvalue weighted by atomic mass is 9.97. The van der Waals surface area contributed by atoms with Crippen LogP contribution in [0.1, 0.15) is 30.0 Å². The average Bonchev–Trinajstić information content (AvgIpc) is 3.46. The van der Waals surface area contributed by atoms with Crippen LogP contribution in [0.4, 0.5) is 5.95 Å². The van der Waals surface area contributed by atoms with Crippen LogP contribution in [0.3, 0.4) is 0 Å². The van der Waals surface area contributed by atoms with Crippen molar-refractivity contribution < 1.29 is 9.53 Å². The predicted octanol–water partition coefficient (Wildman–Crippen LogP) is 2.90. The van der Waals surface area contributed by atoms with E-state index in [0.717, 1.165) is 41.1 Å². The first kappa shape index (κ1) is 21.8. The molecule has 0 bridgehead atoms. The maximum atomic E-state index is 13.0. The Morgan fingerprint density at radius 3 is 2.78 bits per heavy atom. The van der Waals surface area contributed by atoms with Gasteiger partial charge < -0.3 is 14.5 Å². The van der Waals surface area contributed by atoms with Crippen LogP contribution in [-0.4, -0.2) is 64.9 Å². The van der Waals surface area contributed by atoms with Gasteiger partial charge in [-0.25, -0.2) is 9.97 Å². The number of methoxy groups -OCH3 is 1. The van der Waals surface area contributed by atoms with Crippen molar-refractivity contribution in [2.24, 2.45) is 7.05 Å². The van der Waals surface area contributed by atoms with Crippen molar-refractivity contribution in [2.75, 3.05) is 39.2 Å². The van der Waals surface area contributed by atoms with Gasteiger partial charge in [0.2, 0.25) is 11.9 Å². The molecule has 0 spiro atoms. The minimum Gasteiger partial charge on any atom is -0.496 e. The van der Waals surface area contributed by atoms with Crippen LogP contribution in [0.15, 0.2) is 42.9 Å². The number of rotatable bonds is 7. The fourth-order valence-corrected chi connectivity index (χ4v) is 4.21. The summed E-state index contributed by atoms with van der Waals surface area (Å²) in [5, 5.41) is 4.30. The zero-order valence-corrected chi connectivity index (χ0v) is 19.2. The molecule has 4 rings (SSSR count). The van der Waals surface area contributed by atoms with Gasteiger partial charge in [-0.1, -0.05) is 18.2 Å².